The molecule has 3 rings (SSSR count). The minimum atomic E-state index is -3.51. The summed E-state index contributed by atoms with van der Waals surface area (Å²) in [7, 11) is -1.80. The maximum absolute atomic E-state index is 12.3. The standard InChI is InChI=1S/C17H22N4O4S/c1-20-9-8-16(18-20)19-26(23,24)13-15-7-10-21(11-15)17(22)25-12-14-5-3-2-4-6-14/h2-6,8-9,15H,7,10-13H2,1H3,(H,18,19)/t15-/m1/s1. The lowest BCUT2D eigenvalue weighted by Gasteiger charge is -2.16. The molecular weight excluding hydrogens is 356 g/mol. The molecule has 1 amide bonds. The van der Waals surface area contributed by atoms with E-state index in [4.69, 9.17) is 4.74 Å². The molecule has 0 aliphatic carbocycles. The molecule has 0 radical (unpaired) electrons. The van der Waals surface area contributed by atoms with E-state index < -0.39 is 16.1 Å². The highest BCUT2D eigenvalue weighted by Gasteiger charge is 2.31. The number of aryl methyl sites for hydroxylation is 1. The zero-order valence-corrected chi connectivity index (χ0v) is 15.4. The molecule has 8 nitrogen and oxygen atoms in total. The van der Waals surface area contributed by atoms with E-state index in [1.807, 2.05) is 30.3 Å². The van der Waals surface area contributed by atoms with Crippen LogP contribution in [0.4, 0.5) is 10.6 Å². The van der Waals surface area contributed by atoms with Crippen LogP contribution in [0, 0.1) is 5.92 Å². The van der Waals surface area contributed by atoms with Crippen molar-refractivity contribution < 1.29 is 17.9 Å². The lowest BCUT2D eigenvalue weighted by molar-refractivity contribution is 0.103. The van der Waals surface area contributed by atoms with E-state index >= 15 is 0 Å². The predicted octanol–water partition coefficient (Wildman–Crippen LogP) is 1.82. The molecule has 0 unspecified atom stereocenters. The smallest absolute Gasteiger partial charge is 0.410 e. The van der Waals surface area contributed by atoms with Gasteiger partial charge in [0.1, 0.15) is 6.61 Å². The number of sulfonamides is 1. The second kappa shape index (κ2) is 7.77. The van der Waals surface area contributed by atoms with Gasteiger partial charge >= 0.3 is 6.09 Å². The van der Waals surface area contributed by atoms with Crippen LogP contribution in [-0.2, 0) is 28.4 Å². The Kier molecular flexibility index (Phi) is 5.46. The molecule has 140 valence electrons. The number of aromatic nitrogens is 2. The number of nitrogens with one attached hydrogen (secondary N) is 1. The average Bonchev–Trinajstić information content (AvgIpc) is 3.22. The van der Waals surface area contributed by atoms with Crippen molar-refractivity contribution in [1.82, 2.24) is 14.7 Å². The normalized spacial score (nSPS) is 17.3. The number of rotatable bonds is 6. The van der Waals surface area contributed by atoms with Crippen LogP contribution in [0.15, 0.2) is 42.6 Å². The van der Waals surface area contributed by atoms with Crippen molar-refractivity contribution in [2.75, 3.05) is 23.6 Å². The first-order valence-electron chi connectivity index (χ1n) is 8.37. The number of ether oxygens (including phenoxy) is 1. The molecular formula is C17H22N4O4S. The number of benzene rings is 1. The molecule has 9 heteroatoms. The summed E-state index contributed by atoms with van der Waals surface area (Å²) >= 11 is 0. The summed E-state index contributed by atoms with van der Waals surface area (Å²) in [6.07, 6.45) is 1.88. The van der Waals surface area contributed by atoms with Gasteiger partial charge in [-0.1, -0.05) is 30.3 Å². The molecule has 1 aliphatic heterocycles. The molecule has 26 heavy (non-hydrogen) atoms. The number of carbonyl (C=O) groups is 1. The van der Waals surface area contributed by atoms with Crippen molar-refractivity contribution in [3.8, 4) is 0 Å². The lowest BCUT2D eigenvalue weighted by atomic mass is 10.2. The molecule has 1 aromatic heterocycles. The molecule has 2 heterocycles. The Labute approximate surface area is 152 Å². The van der Waals surface area contributed by atoms with Crippen LogP contribution in [0.1, 0.15) is 12.0 Å². The van der Waals surface area contributed by atoms with E-state index in [2.05, 4.69) is 9.82 Å². The summed E-state index contributed by atoms with van der Waals surface area (Å²) in [4.78, 5) is 13.7. The van der Waals surface area contributed by atoms with Crippen molar-refractivity contribution in [2.45, 2.75) is 13.0 Å². The SMILES string of the molecule is Cn1ccc(NS(=O)(=O)C[C@@H]2CCN(C(=O)OCc3ccccc3)C2)n1. The highest BCUT2D eigenvalue weighted by molar-refractivity contribution is 7.92. The number of amides is 1. The van der Waals surface area contributed by atoms with Gasteiger partial charge in [-0.15, -0.1) is 0 Å². The Hall–Kier alpha value is -2.55. The molecule has 1 saturated heterocycles. The number of nitrogens with zero attached hydrogens (tertiary/aromatic N) is 3. The van der Waals surface area contributed by atoms with Crippen LogP contribution < -0.4 is 4.72 Å². The fraction of sp³-hybridized carbons (Fsp3) is 0.412. The minimum absolute atomic E-state index is 0.0496. The van der Waals surface area contributed by atoms with Crippen molar-refractivity contribution in [1.29, 1.82) is 0 Å². The van der Waals surface area contributed by atoms with E-state index in [1.54, 1.807) is 24.2 Å². The molecule has 0 saturated carbocycles. The number of anilines is 1. The Morgan fingerprint density at radius 2 is 2.08 bits per heavy atom. The average molecular weight is 378 g/mol. The maximum atomic E-state index is 12.3. The van der Waals surface area contributed by atoms with E-state index in [1.165, 1.54) is 4.68 Å². The van der Waals surface area contributed by atoms with Gasteiger partial charge in [0.05, 0.1) is 5.75 Å². The van der Waals surface area contributed by atoms with Gasteiger partial charge in [0.15, 0.2) is 5.82 Å². The second-order valence-electron chi connectivity index (χ2n) is 6.40. The zero-order chi connectivity index (χ0) is 18.6. The van der Waals surface area contributed by atoms with Crippen LogP contribution >= 0.6 is 0 Å². The summed E-state index contributed by atoms with van der Waals surface area (Å²) in [6, 6.07) is 11.0. The van der Waals surface area contributed by atoms with Crippen molar-refractivity contribution in [3.05, 3.63) is 48.2 Å². The van der Waals surface area contributed by atoms with Crippen molar-refractivity contribution in [2.24, 2.45) is 13.0 Å². The first kappa shape index (κ1) is 18.2. The molecule has 1 N–H and O–H groups in total. The van der Waals surface area contributed by atoms with E-state index in [-0.39, 0.29) is 18.3 Å². The minimum Gasteiger partial charge on any atom is -0.445 e. The van der Waals surface area contributed by atoms with Crippen LogP contribution in [-0.4, -0.2) is 48.0 Å². The van der Waals surface area contributed by atoms with Gasteiger partial charge < -0.3 is 9.64 Å². The first-order valence-corrected chi connectivity index (χ1v) is 10.0. The van der Waals surface area contributed by atoms with Gasteiger partial charge in [-0.3, -0.25) is 9.40 Å². The van der Waals surface area contributed by atoms with Gasteiger partial charge in [0.25, 0.3) is 0 Å². The third-order valence-electron chi connectivity index (χ3n) is 4.18. The number of hydrogen-bond acceptors (Lipinski definition) is 5. The molecule has 1 aromatic carbocycles. The van der Waals surface area contributed by atoms with Crippen LogP contribution in [0.5, 0.6) is 0 Å². The summed E-state index contributed by atoms with van der Waals surface area (Å²) in [5.74, 6) is 0.122. The fourth-order valence-corrected chi connectivity index (χ4v) is 4.33. The Balaban J connectivity index is 1.47. The highest BCUT2D eigenvalue weighted by atomic mass is 32.2. The summed E-state index contributed by atoms with van der Waals surface area (Å²) in [6.45, 7) is 1.08. The van der Waals surface area contributed by atoms with Crippen LogP contribution in [0.2, 0.25) is 0 Å². The van der Waals surface area contributed by atoms with Crippen LogP contribution in [0.25, 0.3) is 0 Å². The molecule has 2 aromatic rings. The topological polar surface area (TPSA) is 93.5 Å². The van der Waals surface area contributed by atoms with E-state index in [0.29, 0.717) is 25.3 Å². The van der Waals surface area contributed by atoms with Gasteiger partial charge in [-0.25, -0.2) is 13.2 Å². The third kappa shape index (κ3) is 4.98. The molecule has 0 spiro atoms. The van der Waals surface area contributed by atoms with Crippen molar-refractivity contribution in [3.63, 3.8) is 0 Å². The lowest BCUT2D eigenvalue weighted by Crippen LogP contribution is -2.31. The molecule has 0 bridgehead atoms. The first-order chi connectivity index (χ1) is 12.4. The van der Waals surface area contributed by atoms with Gasteiger partial charge in [0, 0.05) is 32.4 Å². The maximum Gasteiger partial charge on any atom is 0.410 e. The largest absolute Gasteiger partial charge is 0.445 e. The Morgan fingerprint density at radius 3 is 2.77 bits per heavy atom. The number of carbonyl (C=O) groups excluding carboxylic acids is 1. The quantitative estimate of drug-likeness (QED) is 0.828. The third-order valence-corrected chi connectivity index (χ3v) is 5.61. The van der Waals surface area contributed by atoms with Gasteiger partial charge in [-0.05, 0) is 17.9 Å². The van der Waals surface area contributed by atoms with E-state index in [9.17, 15) is 13.2 Å². The highest BCUT2D eigenvalue weighted by Crippen LogP contribution is 2.20. The van der Waals surface area contributed by atoms with Gasteiger partial charge in [0.2, 0.25) is 10.0 Å². The fourth-order valence-electron chi connectivity index (χ4n) is 2.93. The van der Waals surface area contributed by atoms with Crippen molar-refractivity contribution >= 4 is 21.9 Å². The zero-order valence-electron chi connectivity index (χ0n) is 14.5. The molecule has 1 fully saturated rings. The summed E-state index contributed by atoms with van der Waals surface area (Å²) in [5, 5.41) is 4.01. The molecule has 1 atom stereocenters. The Morgan fingerprint density at radius 1 is 1.31 bits per heavy atom. The van der Waals surface area contributed by atoms with E-state index in [0.717, 1.165) is 5.56 Å². The van der Waals surface area contributed by atoms with Crippen LogP contribution in [0.3, 0.4) is 0 Å². The second-order valence-corrected chi connectivity index (χ2v) is 8.17. The monoisotopic (exact) mass is 378 g/mol. The Bertz CT molecular complexity index is 851. The molecule has 1 aliphatic rings. The summed E-state index contributed by atoms with van der Waals surface area (Å²) in [5.41, 5.74) is 0.915. The van der Waals surface area contributed by atoms with Gasteiger partial charge in [-0.2, -0.15) is 5.10 Å². The summed E-state index contributed by atoms with van der Waals surface area (Å²) < 4.78 is 33.8. The number of likely N-dealkylation sites (tertiary alicyclic amines) is 1. The number of hydrogen-bond donors (Lipinski definition) is 1. The predicted molar refractivity (Wildman–Crippen MR) is 96.9 cm³/mol.